The van der Waals surface area contributed by atoms with E-state index in [1.54, 1.807) is 18.5 Å². The summed E-state index contributed by atoms with van der Waals surface area (Å²) >= 11 is 3.52. The van der Waals surface area contributed by atoms with Gasteiger partial charge in [-0.25, -0.2) is 18.1 Å². The van der Waals surface area contributed by atoms with E-state index in [0.717, 1.165) is 33.7 Å². The predicted molar refractivity (Wildman–Crippen MR) is 126 cm³/mol. The van der Waals surface area contributed by atoms with Crippen molar-refractivity contribution in [3.63, 3.8) is 0 Å². The van der Waals surface area contributed by atoms with E-state index in [1.807, 2.05) is 25.5 Å². The van der Waals surface area contributed by atoms with E-state index in [4.69, 9.17) is 9.26 Å². The van der Waals surface area contributed by atoms with Gasteiger partial charge in [-0.3, -0.25) is 4.79 Å². The number of benzene rings is 1. The number of amides is 1. The summed E-state index contributed by atoms with van der Waals surface area (Å²) < 4.78 is 42.2. The number of aryl methyl sites for hydroxylation is 3. The Hall–Kier alpha value is -3.54. The summed E-state index contributed by atoms with van der Waals surface area (Å²) in [7, 11) is 0. The number of ether oxygens (including phenoxy) is 1. The molecule has 0 spiro atoms. The van der Waals surface area contributed by atoms with Crippen LogP contribution >= 0.6 is 15.9 Å². The van der Waals surface area contributed by atoms with E-state index in [-0.39, 0.29) is 18.1 Å². The summed E-state index contributed by atoms with van der Waals surface area (Å²) in [6, 6.07) is 2.98. The number of halogens is 3. The molecule has 0 saturated heterocycles. The van der Waals surface area contributed by atoms with Gasteiger partial charge >= 0.3 is 0 Å². The van der Waals surface area contributed by atoms with Crippen LogP contribution in [0, 0.1) is 46.3 Å². The first-order valence-electron chi connectivity index (χ1n) is 10.6. The lowest BCUT2D eigenvalue weighted by Gasteiger charge is -2.09. The van der Waals surface area contributed by atoms with Gasteiger partial charge in [0.05, 0.1) is 38.5 Å². The van der Waals surface area contributed by atoms with E-state index in [0.29, 0.717) is 29.4 Å². The number of nitrogens with one attached hydrogen (secondary N) is 1. The van der Waals surface area contributed by atoms with Crippen LogP contribution in [0.4, 0.5) is 14.5 Å². The number of anilines is 1. The maximum atomic E-state index is 13.9. The Morgan fingerprint density at radius 1 is 1.09 bits per heavy atom. The Morgan fingerprint density at radius 3 is 2.43 bits per heavy atom. The molecule has 184 valence electrons. The fraction of sp³-hybridized carbons (Fsp3) is 0.304. The van der Waals surface area contributed by atoms with E-state index in [2.05, 4.69) is 36.6 Å². The Kier molecular flexibility index (Phi) is 6.75. The number of hydrogen-bond donors (Lipinski definition) is 1. The van der Waals surface area contributed by atoms with Gasteiger partial charge in [-0.2, -0.15) is 10.2 Å². The number of nitrogens with zero attached hydrogens (tertiary/aromatic N) is 5. The van der Waals surface area contributed by atoms with Gasteiger partial charge in [-0.15, -0.1) is 0 Å². The molecule has 3 heterocycles. The van der Waals surface area contributed by atoms with E-state index in [1.165, 1.54) is 6.07 Å². The third-order valence-electron chi connectivity index (χ3n) is 5.65. The SMILES string of the molecule is Cc1nn(Cn2nc(C)c(NC(=O)c3noc(C)c3COc3ccc(F)cc3F)c2C)c(C)c1Br. The molecular formula is C23H23BrF2N6O3. The molecule has 35 heavy (non-hydrogen) atoms. The third kappa shape index (κ3) is 4.83. The van der Waals surface area contributed by atoms with Crippen LogP contribution in [0.3, 0.4) is 0 Å². The second-order valence-corrected chi connectivity index (χ2v) is 8.85. The van der Waals surface area contributed by atoms with Gasteiger partial charge in [0, 0.05) is 6.07 Å². The molecule has 9 nitrogen and oxygen atoms in total. The Balaban J connectivity index is 1.53. The van der Waals surface area contributed by atoms with Crippen molar-refractivity contribution in [2.75, 3.05) is 5.32 Å². The van der Waals surface area contributed by atoms with Gasteiger partial charge in [0.2, 0.25) is 0 Å². The zero-order chi connectivity index (χ0) is 25.4. The molecule has 4 rings (SSSR count). The lowest BCUT2D eigenvalue weighted by Crippen LogP contribution is -2.17. The maximum absolute atomic E-state index is 13.9. The fourth-order valence-electron chi connectivity index (χ4n) is 3.61. The highest BCUT2D eigenvalue weighted by molar-refractivity contribution is 9.10. The smallest absolute Gasteiger partial charge is 0.278 e. The van der Waals surface area contributed by atoms with Gasteiger partial charge in [0.25, 0.3) is 5.91 Å². The summed E-state index contributed by atoms with van der Waals surface area (Å²) in [4.78, 5) is 13.1. The lowest BCUT2D eigenvalue weighted by molar-refractivity contribution is 0.101. The van der Waals surface area contributed by atoms with Crippen molar-refractivity contribution in [2.24, 2.45) is 0 Å². The van der Waals surface area contributed by atoms with Crippen LogP contribution in [0.1, 0.15) is 44.6 Å². The molecule has 0 fully saturated rings. The minimum absolute atomic E-state index is 0.000883. The van der Waals surface area contributed by atoms with Crippen LogP contribution in [0.25, 0.3) is 0 Å². The molecule has 0 atom stereocenters. The van der Waals surface area contributed by atoms with Crippen LogP contribution in [-0.2, 0) is 13.3 Å². The molecular weight excluding hydrogens is 526 g/mol. The molecule has 0 aliphatic carbocycles. The van der Waals surface area contributed by atoms with Gasteiger partial charge in [-0.05, 0) is 62.7 Å². The van der Waals surface area contributed by atoms with Crippen LogP contribution < -0.4 is 10.1 Å². The van der Waals surface area contributed by atoms with Crippen molar-refractivity contribution in [1.29, 1.82) is 0 Å². The van der Waals surface area contributed by atoms with Crippen LogP contribution in [-0.4, -0.2) is 30.6 Å². The second kappa shape index (κ2) is 9.61. The molecule has 1 aromatic carbocycles. The van der Waals surface area contributed by atoms with Crippen LogP contribution in [0.2, 0.25) is 0 Å². The number of carbonyl (C=O) groups excluding carboxylic acids is 1. The first kappa shape index (κ1) is 24.6. The molecule has 0 aliphatic rings. The van der Waals surface area contributed by atoms with Crippen LogP contribution in [0.5, 0.6) is 5.75 Å². The van der Waals surface area contributed by atoms with Crippen LogP contribution in [0.15, 0.2) is 27.2 Å². The molecule has 0 saturated carbocycles. The zero-order valence-electron chi connectivity index (χ0n) is 19.7. The number of carbonyl (C=O) groups is 1. The minimum atomic E-state index is -0.849. The molecule has 4 aromatic rings. The van der Waals surface area contributed by atoms with E-state index < -0.39 is 17.5 Å². The molecule has 0 bridgehead atoms. The van der Waals surface area contributed by atoms with Crippen molar-refractivity contribution in [2.45, 2.75) is 47.9 Å². The first-order chi connectivity index (χ1) is 16.6. The highest BCUT2D eigenvalue weighted by Crippen LogP contribution is 2.25. The summed E-state index contributed by atoms with van der Waals surface area (Å²) in [6.07, 6.45) is 0. The van der Waals surface area contributed by atoms with E-state index >= 15 is 0 Å². The summed E-state index contributed by atoms with van der Waals surface area (Å²) in [5.74, 6) is -1.90. The predicted octanol–water partition coefficient (Wildman–Crippen LogP) is 4.99. The van der Waals surface area contributed by atoms with Gasteiger partial charge in [0.15, 0.2) is 17.3 Å². The Labute approximate surface area is 208 Å². The maximum Gasteiger partial charge on any atom is 0.278 e. The molecule has 1 N–H and O–H groups in total. The van der Waals surface area contributed by atoms with Crippen molar-refractivity contribution in [3.8, 4) is 5.75 Å². The van der Waals surface area contributed by atoms with Gasteiger partial charge < -0.3 is 14.6 Å². The Bertz CT molecular complexity index is 1430. The quantitative estimate of drug-likeness (QED) is 0.349. The summed E-state index contributed by atoms with van der Waals surface area (Å²) in [5, 5.41) is 15.7. The fourth-order valence-corrected chi connectivity index (χ4v) is 3.89. The average Bonchev–Trinajstić information content (AvgIpc) is 3.38. The van der Waals surface area contributed by atoms with Gasteiger partial charge in [-0.1, -0.05) is 5.16 Å². The number of hydrogen-bond acceptors (Lipinski definition) is 6. The topological polar surface area (TPSA) is 100 Å². The summed E-state index contributed by atoms with van der Waals surface area (Å²) in [5.41, 5.74) is 4.05. The first-order valence-corrected chi connectivity index (χ1v) is 11.4. The monoisotopic (exact) mass is 548 g/mol. The number of rotatable bonds is 7. The van der Waals surface area contributed by atoms with E-state index in [9.17, 15) is 13.6 Å². The standard InChI is InChI=1S/C23H23BrF2N6O3/c1-11-20(24)13(3)31(28-11)10-32-14(4)21(12(2)29-32)27-23(33)22-17(15(5)35-30-22)9-34-19-7-6-16(25)8-18(19)26/h6-8H,9-10H2,1-5H3,(H,27,33). The molecule has 0 radical (unpaired) electrons. The van der Waals surface area contributed by atoms with Crippen molar-refractivity contribution in [3.05, 3.63) is 74.1 Å². The summed E-state index contributed by atoms with van der Waals surface area (Å²) in [6.45, 7) is 9.28. The highest BCUT2D eigenvalue weighted by Gasteiger charge is 2.24. The second-order valence-electron chi connectivity index (χ2n) is 8.05. The largest absolute Gasteiger partial charge is 0.486 e. The van der Waals surface area contributed by atoms with Crippen molar-refractivity contribution < 1.29 is 22.8 Å². The normalized spacial score (nSPS) is 11.2. The average molecular weight is 549 g/mol. The highest BCUT2D eigenvalue weighted by atomic mass is 79.9. The molecule has 0 aliphatic heterocycles. The van der Waals surface area contributed by atoms with Crippen molar-refractivity contribution in [1.82, 2.24) is 24.7 Å². The van der Waals surface area contributed by atoms with Crippen molar-refractivity contribution >= 4 is 27.5 Å². The Morgan fingerprint density at radius 2 is 1.77 bits per heavy atom. The molecule has 0 unspecified atom stereocenters. The molecule has 1 amide bonds. The minimum Gasteiger partial charge on any atom is -0.486 e. The molecule has 3 aromatic heterocycles. The third-order valence-corrected chi connectivity index (χ3v) is 6.79. The number of aromatic nitrogens is 5. The zero-order valence-corrected chi connectivity index (χ0v) is 21.3. The lowest BCUT2D eigenvalue weighted by atomic mass is 10.2. The molecule has 12 heteroatoms. The van der Waals surface area contributed by atoms with Gasteiger partial charge in [0.1, 0.15) is 24.9 Å².